The molecule has 0 aromatic heterocycles. The Bertz CT molecular complexity index is 383. The second kappa shape index (κ2) is 6.08. The molecule has 2 heterocycles. The van der Waals surface area contributed by atoms with E-state index in [9.17, 15) is 8.42 Å². The van der Waals surface area contributed by atoms with Gasteiger partial charge in [-0.25, -0.2) is 13.1 Å². The molecule has 1 atom stereocenters. The molecule has 0 aromatic rings. The standard InChI is InChI=1S/C13H27N3O2S/c1-13(5-8-16(2)9-6-13)11-15-19(17,18)12-4-3-7-14-10-12/h12,14-15H,3-11H2,1-2H3. The van der Waals surface area contributed by atoms with Crippen molar-refractivity contribution in [1.82, 2.24) is 14.9 Å². The average molecular weight is 289 g/mol. The van der Waals surface area contributed by atoms with Gasteiger partial charge in [-0.3, -0.25) is 0 Å². The molecule has 2 saturated heterocycles. The minimum Gasteiger partial charge on any atom is -0.315 e. The number of rotatable bonds is 4. The molecule has 0 saturated carbocycles. The van der Waals surface area contributed by atoms with Gasteiger partial charge >= 0.3 is 0 Å². The molecule has 2 N–H and O–H groups in total. The summed E-state index contributed by atoms with van der Waals surface area (Å²) in [6.45, 7) is 6.43. The molecule has 1 unspecified atom stereocenters. The highest BCUT2D eigenvalue weighted by Gasteiger charge is 2.33. The van der Waals surface area contributed by atoms with Crippen molar-refractivity contribution in [3.8, 4) is 0 Å². The van der Waals surface area contributed by atoms with Crippen LogP contribution in [0.4, 0.5) is 0 Å². The predicted octanol–water partition coefficient (Wildman–Crippen LogP) is 0.390. The van der Waals surface area contributed by atoms with Crippen molar-refractivity contribution in [2.45, 2.75) is 37.9 Å². The van der Waals surface area contributed by atoms with E-state index in [4.69, 9.17) is 0 Å². The quantitative estimate of drug-likeness (QED) is 0.786. The molecule has 5 nitrogen and oxygen atoms in total. The first-order valence-electron chi connectivity index (χ1n) is 7.29. The first-order valence-corrected chi connectivity index (χ1v) is 8.84. The molecule has 2 rings (SSSR count). The summed E-state index contributed by atoms with van der Waals surface area (Å²) in [4.78, 5) is 2.31. The summed E-state index contributed by atoms with van der Waals surface area (Å²) < 4.78 is 27.4. The van der Waals surface area contributed by atoms with Crippen LogP contribution in [0.15, 0.2) is 0 Å². The van der Waals surface area contributed by atoms with E-state index in [0.717, 1.165) is 45.3 Å². The van der Waals surface area contributed by atoms with Gasteiger partial charge in [0.1, 0.15) is 0 Å². The third-order valence-corrected chi connectivity index (χ3v) is 6.41. The van der Waals surface area contributed by atoms with Gasteiger partial charge in [-0.1, -0.05) is 6.92 Å². The number of nitrogens with one attached hydrogen (secondary N) is 2. The van der Waals surface area contributed by atoms with E-state index in [1.165, 1.54) is 0 Å². The second-order valence-corrected chi connectivity index (χ2v) is 8.49. The van der Waals surface area contributed by atoms with E-state index in [1.807, 2.05) is 0 Å². The van der Waals surface area contributed by atoms with Gasteiger partial charge in [0.2, 0.25) is 10.0 Å². The van der Waals surface area contributed by atoms with Crippen LogP contribution in [0.25, 0.3) is 0 Å². The normalized spacial score (nSPS) is 29.3. The lowest BCUT2D eigenvalue weighted by atomic mass is 9.81. The largest absolute Gasteiger partial charge is 0.315 e. The second-order valence-electron chi connectivity index (χ2n) is 6.45. The van der Waals surface area contributed by atoms with E-state index in [2.05, 4.69) is 28.9 Å². The van der Waals surface area contributed by atoms with Crippen LogP contribution in [0.2, 0.25) is 0 Å². The topological polar surface area (TPSA) is 61.4 Å². The van der Waals surface area contributed by atoms with Crippen LogP contribution >= 0.6 is 0 Å². The summed E-state index contributed by atoms with van der Waals surface area (Å²) in [7, 11) is -1.04. The van der Waals surface area contributed by atoms with Gasteiger partial charge in [0.05, 0.1) is 5.25 Å². The summed E-state index contributed by atoms with van der Waals surface area (Å²) in [5.41, 5.74) is 0.113. The van der Waals surface area contributed by atoms with Crippen LogP contribution in [0.3, 0.4) is 0 Å². The smallest absolute Gasteiger partial charge is 0.215 e. The third-order valence-electron chi connectivity index (χ3n) is 4.58. The zero-order chi connectivity index (χ0) is 13.9. The highest BCUT2D eigenvalue weighted by molar-refractivity contribution is 7.90. The Morgan fingerprint density at radius 1 is 1.37 bits per heavy atom. The lowest BCUT2D eigenvalue weighted by Gasteiger charge is -2.38. The molecule has 19 heavy (non-hydrogen) atoms. The molecule has 0 bridgehead atoms. The van der Waals surface area contributed by atoms with Crippen LogP contribution in [-0.4, -0.2) is 58.3 Å². The average Bonchev–Trinajstić information content (AvgIpc) is 2.42. The molecule has 0 aliphatic carbocycles. The zero-order valence-corrected chi connectivity index (χ0v) is 12.9. The van der Waals surface area contributed by atoms with Crippen LogP contribution < -0.4 is 10.0 Å². The highest BCUT2D eigenvalue weighted by Crippen LogP contribution is 2.29. The van der Waals surface area contributed by atoms with Gasteiger partial charge < -0.3 is 10.2 Å². The number of hydrogen-bond acceptors (Lipinski definition) is 4. The summed E-state index contributed by atoms with van der Waals surface area (Å²) in [5.74, 6) is 0. The van der Waals surface area contributed by atoms with Gasteiger partial charge in [0.25, 0.3) is 0 Å². The summed E-state index contributed by atoms with van der Waals surface area (Å²) in [6.07, 6.45) is 3.86. The van der Waals surface area contributed by atoms with Gasteiger partial charge in [0, 0.05) is 13.1 Å². The maximum absolute atomic E-state index is 12.3. The number of nitrogens with zero attached hydrogens (tertiary/aromatic N) is 1. The highest BCUT2D eigenvalue weighted by atomic mass is 32.2. The maximum atomic E-state index is 12.3. The zero-order valence-electron chi connectivity index (χ0n) is 12.1. The van der Waals surface area contributed by atoms with Crippen molar-refractivity contribution >= 4 is 10.0 Å². The number of likely N-dealkylation sites (tertiary alicyclic amines) is 1. The van der Waals surface area contributed by atoms with E-state index >= 15 is 0 Å². The van der Waals surface area contributed by atoms with Crippen molar-refractivity contribution in [3.63, 3.8) is 0 Å². The maximum Gasteiger partial charge on any atom is 0.215 e. The lowest BCUT2D eigenvalue weighted by molar-refractivity contribution is 0.143. The summed E-state index contributed by atoms with van der Waals surface area (Å²) >= 11 is 0. The van der Waals surface area contributed by atoms with Crippen molar-refractivity contribution in [3.05, 3.63) is 0 Å². The molecule has 0 spiro atoms. The fourth-order valence-electron chi connectivity index (χ4n) is 2.81. The third kappa shape index (κ3) is 4.15. The fraction of sp³-hybridized carbons (Fsp3) is 1.00. The minimum absolute atomic E-state index is 0.113. The van der Waals surface area contributed by atoms with Crippen LogP contribution in [0.5, 0.6) is 0 Å². The Kier molecular flexibility index (Phi) is 4.87. The van der Waals surface area contributed by atoms with Gasteiger partial charge in [-0.15, -0.1) is 0 Å². The van der Waals surface area contributed by atoms with Crippen molar-refractivity contribution in [1.29, 1.82) is 0 Å². The monoisotopic (exact) mass is 289 g/mol. The summed E-state index contributed by atoms with van der Waals surface area (Å²) in [5, 5.41) is 2.91. The van der Waals surface area contributed by atoms with Crippen LogP contribution in [0, 0.1) is 5.41 Å². The number of sulfonamides is 1. The Balaban J connectivity index is 1.86. The van der Waals surface area contributed by atoms with Crippen molar-refractivity contribution < 1.29 is 8.42 Å². The molecule has 6 heteroatoms. The molecular formula is C13H27N3O2S. The molecular weight excluding hydrogens is 262 g/mol. The Hall–Kier alpha value is -0.170. The van der Waals surface area contributed by atoms with Crippen molar-refractivity contribution in [2.75, 3.05) is 39.8 Å². The molecule has 2 aliphatic rings. The van der Waals surface area contributed by atoms with E-state index in [1.54, 1.807) is 0 Å². The van der Waals surface area contributed by atoms with E-state index < -0.39 is 10.0 Å². The fourth-order valence-corrected chi connectivity index (χ4v) is 4.41. The Morgan fingerprint density at radius 2 is 2.05 bits per heavy atom. The van der Waals surface area contributed by atoms with Gasteiger partial charge in [-0.05, 0) is 57.8 Å². The molecule has 0 amide bonds. The molecule has 112 valence electrons. The lowest BCUT2D eigenvalue weighted by Crippen LogP contribution is -2.48. The first-order chi connectivity index (χ1) is 8.91. The van der Waals surface area contributed by atoms with Gasteiger partial charge in [-0.2, -0.15) is 0 Å². The van der Waals surface area contributed by atoms with Crippen molar-refractivity contribution in [2.24, 2.45) is 5.41 Å². The molecule has 0 aromatic carbocycles. The van der Waals surface area contributed by atoms with Crippen LogP contribution in [-0.2, 0) is 10.0 Å². The van der Waals surface area contributed by atoms with E-state index in [0.29, 0.717) is 13.1 Å². The van der Waals surface area contributed by atoms with E-state index in [-0.39, 0.29) is 10.7 Å². The SMILES string of the molecule is CN1CCC(C)(CNS(=O)(=O)C2CCCNC2)CC1. The summed E-state index contributed by atoms with van der Waals surface area (Å²) in [6, 6.07) is 0. The molecule has 2 aliphatic heterocycles. The number of hydrogen-bond donors (Lipinski definition) is 2. The van der Waals surface area contributed by atoms with Gasteiger partial charge in [0.15, 0.2) is 0 Å². The molecule has 0 radical (unpaired) electrons. The Labute approximate surface area is 117 Å². The first kappa shape index (κ1) is 15.2. The minimum atomic E-state index is -3.16. The predicted molar refractivity (Wildman–Crippen MR) is 77.7 cm³/mol. The Morgan fingerprint density at radius 3 is 2.63 bits per heavy atom. The number of piperidine rings is 2. The molecule has 2 fully saturated rings. The van der Waals surface area contributed by atoms with Crippen LogP contribution in [0.1, 0.15) is 32.6 Å².